The summed E-state index contributed by atoms with van der Waals surface area (Å²) in [4.78, 5) is 2.58. The number of likely N-dealkylation sites (tertiary alicyclic amines) is 1. The predicted molar refractivity (Wildman–Crippen MR) is 102 cm³/mol. The zero-order valence-corrected chi connectivity index (χ0v) is 15.8. The van der Waals surface area contributed by atoms with Crippen LogP contribution in [0, 0.1) is 0 Å². The first kappa shape index (κ1) is 17.4. The molecular weight excluding hydrogens is 368 g/mol. The molecule has 0 amide bonds. The van der Waals surface area contributed by atoms with Crippen molar-refractivity contribution >= 4 is 21.4 Å². The smallest absolute Gasteiger partial charge is 0.240 e. The molecule has 8 heteroatoms. The normalized spacial score (nSPS) is 16.3. The molecule has 0 aliphatic carbocycles. The molecule has 1 aromatic carbocycles. The van der Waals surface area contributed by atoms with Gasteiger partial charge in [-0.3, -0.25) is 4.90 Å². The Bertz CT molecular complexity index is 932. The van der Waals surface area contributed by atoms with E-state index in [0.717, 1.165) is 18.8 Å². The molecule has 0 bridgehead atoms. The quantitative estimate of drug-likeness (QED) is 0.676. The molecule has 2 aromatic heterocycles. The van der Waals surface area contributed by atoms with E-state index < -0.39 is 10.0 Å². The maximum Gasteiger partial charge on any atom is 0.240 e. The SMILES string of the molecule is O=S(=O)(NC[C@@H](c1ccsc1)N1CCC1)c1ccc(-n2cccn2)cc1. The van der Waals surface area contributed by atoms with E-state index in [9.17, 15) is 8.42 Å². The Morgan fingerprint density at radius 3 is 2.58 bits per heavy atom. The van der Waals surface area contributed by atoms with Gasteiger partial charge >= 0.3 is 0 Å². The second kappa shape index (κ2) is 7.32. The lowest BCUT2D eigenvalue weighted by Crippen LogP contribution is -2.44. The van der Waals surface area contributed by atoms with Crippen molar-refractivity contribution in [2.24, 2.45) is 0 Å². The molecule has 1 atom stereocenters. The standard InChI is InChI=1S/C18H20N4O2S2/c23-26(24,17-5-3-16(4-6-17)22-11-1-8-19-22)20-13-18(21-9-2-10-21)15-7-12-25-14-15/h1,3-8,11-12,14,18,20H,2,9-10,13H2/t18-/m0/s1. The van der Waals surface area contributed by atoms with Crippen molar-refractivity contribution in [3.8, 4) is 5.69 Å². The monoisotopic (exact) mass is 388 g/mol. The summed E-state index contributed by atoms with van der Waals surface area (Å²) in [6.45, 7) is 2.40. The van der Waals surface area contributed by atoms with E-state index in [-0.39, 0.29) is 10.9 Å². The molecule has 0 spiro atoms. The number of nitrogens with zero attached hydrogens (tertiary/aromatic N) is 3. The zero-order valence-electron chi connectivity index (χ0n) is 14.2. The molecule has 0 saturated carbocycles. The Balaban J connectivity index is 1.48. The number of benzene rings is 1. The molecule has 136 valence electrons. The van der Waals surface area contributed by atoms with Gasteiger partial charge in [0.25, 0.3) is 0 Å². The van der Waals surface area contributed by atoms with Crippen LogP contribution < -0.4 is 4.72 Å². The Morgan fingerprint density at radius 2 is 2.00 bits per heavy atom. The third kappa shape index (κ3) is 3.59. The van der Waals surface area contributed by atoms with Gasteiger partial charge in [0.15, 0.2) is 0 Å². The van der Waals surface area contributed by atoms with Crippen LogP contribution in [0.5, 0.6) is 0 Å². The van der Waals surface area contributed by atoms with E-state index in [2.05, 4.69) is 26.2 Å². The highest BCUT2D eigenvalue weighted by Gasteiger charge is 2.27. The van der Waals surface area contributed by atoms with E-state index in [1.165, 1.54) is 12.0 Å². The van der Waals surface area contributed by atoms with Gasteiger partial charge in [-0.2, -0.15) is 16.4 Å². The molecule has 1 N–H and O–H groups in total. The molecule has 0 unspecified atom stereocenters. The first-order chi connectivity index (χ1) is 12.6. The molecule has 1 aliphatic rings. The molecule has 3 heterocycles. The summed E-state index contributed by atoms with van der Waals surface area (Å²) in [5, 5.41) is 8.27. The molecule has 1 saturated heterocycles. The number of thiophene rings is 1. The summed E-state index contributed by atoms with van der Waals surface area (Å²) in [7, 11) is -3.55. The van der Waals surface area contributed by atoms with Gasteiger partial charge in [0, 0.05) is 38.1 Å². The van der Waals surface area contributed by atoms with E-state index in [1.54, 1.807) is 46.5 Å². The van der Waals surface area contributed by atoms with E-state index in [4.69, 9.17) is 0 Å². The molecule has 6 nitrogen and oxygen atoms in total. The summed E-state index contributed by atoms with van der Waals surface area (Å²) in [5.74, 6) is 0. The number of aromatic nitrogens is 2. The third-order valence-corrected chi connectivity index (χ3v) is 6.78. The lowest BCUT2D eigenvalue weighted by atomic mass is 10.1. The fourth-order valence-electron chi connectivity index (χ4n) is 3.05. The molecule has 3 aromatic rings. The topological polar surface area (TPSA) is 67.2 Å². The second-order valence-electron chi connectivity index (χ2n) is 6.26. The zero-order chi connectivity index (χ0) is 18.0. The van der Waals surface area contributed by atoms with Gasteiger partial charge < -0.3 is 0 Å². The third-order valence-electron chi connectivity index (χ3n) is 4.64. The van der Waals surface area contributed by atoms with Crippen LogP contribution >= 0.6 is 11.3 Å². The minimum atomic E-state index is -3.55. The number of hydrogen-bond donors (Lipinski definition) is 1. The summed E-state index contributed by atoms with van der Waals surface area (Å²) in [6, 6.07) is 10.7. The van der Waals surface area contributed by atoms with Gasteiger partial charge in [-0.1, -0.05) is 0 Å². The Hall–Kier alpha value is -2.00. The highest BCUT2D eigenvalue weighted by molar-refractivity contribution is 7.89. The molecule has 1 aliphatic heterocycles. The van der Waals surface area contributed by atoms with Crippen molar-refractivity contribution in [3.63, 3.8) is 0 Å². The van der Waals surface area contributed by atoms with Crippen LogP contribution in [0.1, 0.15) is 18.0 Å². The second-order valence-corrected chi connectivity index (χ2v) is 8.81. The fraction of sp³-hybridized carbons (Fsp3) is 0.278. The highest BCUT2D eigenvalue weighted by Crippen LogP contribution is 2.27. The van der Waals surface area contributed by atoms with Gasteiger partial charge in [0.1, 0.15) is 0 Å². The Labute approximate surface area is 157 Å². The lowest BCUT2D eigenvalue weighted by Gasteiger charge is -2.38. The van der Waals surface area contributed by atoms with Crippen LogP contribution in [-0.2, 0) is 10.0 Å². The summed E-state index contributed by atoms with van der Waals surface area (Å²) in [5.41, 5.74) is 2.00. The van der Waals surface area contributed by atoms with Crippen molar-refractivity contribution in [1.82, 2.24) is 19.4 Å². The van der Waals surface area contributed by atoms with Crippen molar-refractivity contribution in [1.29, 1.82) is 0 Å². The molecule has 1 fully saturated rings. The van der Waals surface area contributed by atoms with E-state index in [1.807, 2.05) is 17.6 Å². The summed E-state index contributed by atoms with van der Waals surface area (Å²) in [6.07, 6.45) is 4.68. The average molecular weight is 389 g/mol. The van der Waals surface area contributed by atoms with Crippen LogP contribution in [0.4, 0.5) is 0 Å². The largest absolute Gasteiger partial charge is 0.295 e. The van der Waals surface area contributed by atoms with Crippen LogP contribution in [0.25, 0.3) is 5.69 Å². The molecule has 4 rings (SSSR count). The predicted octanol–water partition coefficient (Wildman–Crippen LogP) is 2.66. The first-order valence-electron chi connectivity index (χ1n) is 8.49. The minimum Gasteiger partial charge on any atom is -0.295 e. The van der Waals surface area contributed by atoms with Crippen LogP contribution in [0.15, 0.2) is 64.4 Å². The number of rotatable bonds is 7. The van der Waals surface area contributed by atoms with Gasteiger partial charge in [-0.25, -0.2) is 17.8 Å². The highest BCUT2D eigenvalue weighted by atomic mass is 32.2. The maximum absolute atomic E-state index is 12.7. The van der Waals surface area contributed by atoms with Crippen molar-refractivity contribution in [2.75, 3.05) is 19.6 Å². The van der Waals surface area contributed by atoms with Crippen LogP contribution in [0.3, 0.4) is 0 Å². The number of hydrogen-bond acceptors (Lipinski definition) is 5. The molecular formula is C18H20N4O2S2. The van der Waals surface area contributed by atoms with Crippen LogP contribution in [-0.4, -0.2) is 42.7 Å². The van der Waals surface area contributed by atoms with Gasteiger partial charge in [-0.05, 0) is 59.1 Å². The lowest BCUT2D eigenvalue weighted by molar-refractivity contribution is 0.120. The maximum atomic E-state index is 12.7. The number of nitrogens with one attached hydrogen (secondary N) is 1. The van der Waals surface area contributed by atoms with Crippen molar-refractivity contribution in [3.05, 3.63) is 65.1 Å². The fourth-order valence-corrected chi connectivity index (χ4v) is 4.79. The molecule has 0 radical (unpaired) electrons. The Morgan fingerprint density at radius 1 is 1.19 bits per heavy atom. The first-order valence-corrected chi connectivity index (χ1v) is 10.9. The van der Waals surface area contributed by atoms with E-state index >= 15 is 0 Å². The summed E-state index contributed by atoms with van der Waals surface area (Å²) >= 11 is 1.64. The minimum absolute atomic E-state index is 0.0909. The van der Waals surface area contributed by atoms with Crippen molar-refractivity contribution < 1.29 is 8.42 Å². The van der Waals surface area contributed by atoms with Gasteiger partial charge in [-0.15, -0.1) is 0 Å². The average Bonchev–Trinajstić information content (AvgIpc) is 3.30. The Kier molecular flexibility index (Phi) is 4.90. The molecule has 26 heavy (non-hydrogen) atoms. The van der Waals surface area contributed by atoms with Crippen LogP contribution in [0.2, 0.25) is 0 Å². The summed E-state index contributed by atoms with van der Waals surface area (Å²) < 4.78 is 29.8. The number of sulfonamides is 1. The van der Waals surface area contributed by atoms with Gasteiger partial charge in [0.2, 0.25) is 10.0 Å². The van der Waals surface area contributed by atoms with Gasteiger partial charge in [0.05, 0.1) is 10.6 Å². The van der Waals surface area contributed by atoms with E-state index in [0.29, 0.717) is 6.54 Å². The van der Waals surface area contributed by atoms with Crippen molar-refractivity contribution in [2.45, 2.75) is 17.4 Å².